The van der Waals surface area contributed by atoms with Gasteiger partial charge in [-0.15, -0.1) is 11.3 Å². The fourth-order valence-electron chi connectivity index (χ4n) is 3.02. The largest absolute Gasteiger partial charge is 0.371 e. The van der Waals surface area contributed by atoms with Gasteiger partial charge in [0.25, 0.3) is 0 Å². The molecule has 2 aliphatic carbocycles. The average Bonchev–Trinajstić information content (AvgIpc) is 2.95. The van der Waals surface area contributed by atoms with Gasteiger partial charge < -0.3 is 4.74 Å². The minimum atomic E-state index is -0.0722. The van der Waals surface area contributed by atoms with E-state index in [4.69, 9.17) is 4.74 Å². The zero-order chi connectivity index (χ0) is 11.0. The van der Waals surface area contributed by atoms with Gasteiger partial charge in [0, 0.05) is 11.3 Å². The Labute approximate surface area is 99.6 Å². The van der Waals surface area contributed by atoms with Crippen molar-refractivity contribution in [2.45, 2.75) is 44.8 Å². The third-order valence-corrected chi connectivity index (χ3v) is 4.90. The summed E-state index contributed by atoms with van der Waals surface area (Å²) < 4.78 is 5.92. The van der Waals surface area contributed by atoms with E-state index in [0.29, 0.717) is 18.8 Å². The molecule has 86 valence electrons. The van der Waals surface area contributed by atoms with E-state index in [-0.39, 0.29) is 11.5 Å². The van der Waals surface area contributed by atoms with E-state index >= 15 is 0 Å². The molecular formula is C13H16O2S. The molecule has 0 amide bonds. The molecule has 3 heteroatoms. The highest BCUT2D eigenvalue weighted by Crippen LogP contribution is 2.52. The molecule has 1 unspecified atom stereocenters. The molecule has 1 spiro atoms. The van der Waals surface area contributed by atoms with Crippen LogP contribution in [0.5, 0.6) is 0 Å². The standard InChI is InChI=1S/C13H16O2S/c14-11-8-12(13(11)5-1-2-6-13)15-9-10-4-3-7-16-10/h3-4,7,12H,1-2,5-6,8-9H2. The van der Waals surface area contributed by atoms with E-state index in [1.165, 1.54) is 17.7 Å². The number of ketones is 1. The highest BCUT2D eigenvalue weighted by Gasteiger charge is 2.56. The van der Waals surface area contributed by atoms with Crippen molar-refractivity contribution in [1.29, 1.82) is 0 Å². The van der Waals surface area contributed by atoms with E-state index in [2.05, 4.69) is 11.4 Å². The molecule has 2 saturated carbocycles. The van der Waals surface area contributed by atoms with Crippen LogP contribution in [0, 0.1) is 5.41 Å². The minimum Gasteiger partial charge on any atom is -0.371 e. The Balaban J connectivity index is 1.62. The second kappa shape index (κ2) is 3.97. The number of thiophene rings is 1. The summed E-state index contributed by atoms with van der Waals surface area (Å²) in [6.07, 6.45) is 5.35. The number of hydrogen-bond acceptors (Lipinski definition) is 3. The van der Waals surface area contributed by atoms with E-state index < -0.39 is 0 Å². The first-order valence-corrected chi connectivity index (χ1v) is 6.86. The fraction of sp³-hybridized carbons (Fsp3) is 0.615. The predicted octanol–water partition coefficient (Wildman–Crippen LogP) is 3.17. The molecule has 2 nitrogen and oxygen atoms in total. The number of rotatable bonds is 3. The molecule has 0 aromatic carbocycles. The summed E-state index contributed by atoms with van der Waals surface area (Å²) in [7, 11) is 0. The SMILES string of the molecule is O=C1CC(OCc2cccs2)C12CCCC2. The Bertz CT molecular complexity index is 377. The molecule has 1 aromatic rings. The molecule has 16 heavy (non-hydrogen) atoms. The molecular weight excluding hydrogens is 220 g/mol. The number of ether oxygens (including phenoxy) is 1. The Kier molecular flexibility index (Phi) is 2.60. The van der Waals surface area contributed by atoms with Crippen molar-refractivity contribution in [3.05, 3.63) is 22.4 Å². The maximum absolute atomic E-state index is 11.7. The summed E-state index contributed by atoms with van der Waals surface area (Å²) >= 11 is 1.72. The maximum Gasteiger partial charge on any atom is 0.144 e. The van der Waals surface area contributed by atoms with Gasteiger partial charge in [0.2, 0.25) is 0 Å². The first-order chi connectivity index (χ1) is 7.81. The molecule has 0 aliphatic heterocycles. The van der Waals surface area contributed by atoms with E-state index in [1.54, 1.807) is 11.3 Å². The lowest BCUT2D eigenvalue weighted by Gasteiger charge is -2.44. The van der Waals surface area contributed by atoms with Gasteiger partial charge in [-0.1, -0.05) is 18.9 Å². The molecule has 2 aliphatic rings. The maximum atomic E-state index is 11.7. The molecule has 2 fully saturated rings. The van der Waals surface area contributed by atoms with Gasteiger partial charge in [-0.3, -0.25) is 4.79 Å². The lowest BCUT2D eigenvalue weighted by atomic mass is 9.63. The van der Waals surface area contributed by atoms with Gasteiger partial charge in [0.1, 0.15) is 5.78 Å². The van der Waals surface area contributed by atoms with Crippen LogP contribution in [0.4, 0.5) is 0 Å². The summed E-state index contributed by atoms with van der Waals surface area (Å²) in [5.74, 6) is 0.446. The molecule has 1 heterocycles. The van der Waals surface area contributed by atoms with E-state index in [0.717, 1.165) is 12.8 Å². The van der Waals surface area contributed by atoms with Crippen LogP contribution in [0.3, 0.4) is 0 Å². The third kappa shape index (κ3) is 1.54. The van der Waals surface area contributed by atoms with E-state index in [1.807, 2.05) is 6.07 Å². The van der Waals surface area contributed by atoms with Crippen molar-refractivity contribution < 1.29 is 9.53 Å². The number of hydrogen-bond donors (Lipinski definition) is 0. The Morgan fingerprint density at radius 3 is 2.88 bits per heavy atom. The van der Waals surface area contributed by atoms with Gasteiger partial charge in [0.15, 0.2) is 0 Å². The zero-order valence-corrected chi connectivity index (χ0v) is 10.1. The molecule has 3 rings (SSSR count). The van der Waals surface area contributed by atoms with Crippen LogP contribution in [0.15, 0.2) is 17.5 Å². The van der Waals surface area contributed by atoms with Gasteiger partial charge in [-0.05, 0) is 24.3 Å². The zero-order valence-electron chi connectivity index (χ0n) is 9.28. The molecule has 1 atom stereocenters. The Morgan fingerprint density at radius 2 is 2.25 bits per heavy atom. The van der Waals surface area contributed by atoms with Crippen molar-refractivity contribution in [2.24, 2.45) is 5.41 Å². The molecule has 1 aromatic heterocycles. The van der Waals surface area contributed by atoms with Crippen molar-refractivity contribution >= 4 is 17.1 Å². The van der Waals surface area contributed by atoms with Crippen LogP contribution in [0.25, 0.3) is 0 Å². The van der Waals surface area contributed by atoms with Crippen LogP contribution in [0.2, 0.25) is 0 Å². The quantitative estimate of drug-likeness (QED) is 0.805. The number of carbonyl (C=O) groups excluding carboxylic acids is 1. The average molecular weight is 236 g/mol. The summed E-state index contributed by atoms with van der Waals surface area (Å²) in [6, 6.07) is 4.13. The smallest absolute Gasteiger partial charge is 0.144 e. The highest BCUT2D eigenvalue weighted by atomic mass is 32.1. The molecule has 0 radical (unpaired) electrons. The summed E-state index contributed by atoms with van der Waals surface area (Å²) in [5.41, 5.74) is -0.0722. The van der Waals surface area contributed by atoms with Crippen LogP contribution < -0.4 is 0 Å². The highest BCUT2D eigenvalue weighted by molar-refractivity contribution is 7.09. The normalized spacial score (nSPS) is 27.2. The minimum absolute atomic E-state index is 0.0722. The van der Waals surface area contributed by atoms with Crippen molar-refractivity contribution in [3.8, 4) is 0 Å². The second-order valence-corrected chi connectivity index (χ2v) is 5.90. The third-order valence-electron chi connectivity index (χ3n) is 4.05. The van der Waals surface area contributed by atoms with Crippen LogP contribution >= 0.6 is 11.3 Å². The predicted molar refractivity (Wildman–Crippen MR) is 63.4 cm³/mol. The van der Waals surface area contributed by atoms with Crippen LogP contribution in [-0.2, 0) is 16.1 Å². The van der Waals surface area contributed by atoms with Crippen LogP contribution in [-0.4, -0.2) is 11.9 Å². The van der Waals surface area contributed by atoms with Crippen molar-refractivity contribution in [3.63, 3.8) is 0 Å². The summed E-state index contributed by atoms with van der Waals surface area (Å²) in [5, 5.41) is 2.07. The number of carbonyl (C=O) groups is 1. The molecule has 0 N–H and O–H groups in total. The lowest BCUT2D eigenvalue weighted by Crippen LogP contribution is -2.53. The van der Waals surface area contributed by atoms with Gasteiger partial charge in [-0.2, -0.15) is 0 Å². The van der Waals surface area contributed by atoms with E-state index in [9.17, 15) is 4.79 Å². The molecule has 0 bridgehead atoms. The number of Topliss-reactive ketones (excluding diaryl/α,β-unsaturated/α-hetero) is 1. The van der Waals surface area contributed by atoms with Gasteiger partial charge >= 0.3 is 0 Å². The fourth-order valence-corrected chi connectivity index (χ4v) is 3.64. The lowest BCUT2D eigenvalue weighted by molar-refractivity contribution is -0.164. The topological polar surface area (TPSA) is 26.3 Å². The van der Waals surface area contributed by atoms with Crippen molar-refractivity contribution in [1.82, 2.24) is 0 Å². The van der Waals surface area contributed by atoms with Crippen molar-refractivity contribution in [2.75, 3.05) is 0 Å². The first-order valence-electron chi connectivity index (χ1n) is 5.98. The van der Waals surface area contributed by atoms with Gasteiger partial charge in [-0.25, -0.2) is 0 Å². The summed E-state index contributed by atoms with van der Waals surface area (Å²) in [6.45, 7) is 0.678. The summed E-state index contributed by atoms with van der Waals surface area (Å²) in [4.78, 5) is 13.0. The molecule has 0 saturated heterocycles. The Morgan fingerprint density at radius 1 is 1.44 bits per heavy atom. The van der Waals surface area contributed by atoms with Gasteiger partial charge in [0.05, 0.1) is 18.1 Å². The second-order valence-electron chi connectivity index (χ2n) is 4.87. The van der Waals surface area contributed by atoms with Crippen LogP contribution in [0.1, 0.15) is 37.0 Å². The Hall–Kier alpha value is -0.670. The monoisotopic (exact) mass is 236 g/mol. The first kappa shape index (κ1) is 10.5.